The minimum atomic E-state index is -0.0256. The van der Waals surface area contributed by atoms with Gasteiger partial charge in [-0.1, -0.05) is 30.3 Å². The number of hydrogen-bond acceptors (Lipinski definition) is 5. The molecule has 1 aliphatic carbocycles. The molecule has 0 bridgehead atoms. The normalized spacial score (nSPS) is 15.6. The third kappa shape index (κ3) is 4.38. The van der Waals surface area contributed by atoms with Gasteiger partial charge >= 0.3 is 0 Å². The minimum absolute atomic E-state index is 0.0256. The first-order valence-corrected chi connectivity index (χ1v) is 10.9. The summed E-state index contributed by atoms with van der Waals surface area (Å²) >= 11 is 0. The standard InChI is InChI=1S/C25H26N4O2/c1-17(19-5-3-2-4-6-19)27-25-26-13-11-23(28-25)29(16-18-7-8-18)24(30)21-9-10-22-20(15-21)12-14-31-22/h2-6,9-11,13,15,17-18H,7-8,12,14,16H2,1H3,(H,26,27,28)/t17-/m0/s1. The SMILES string of the molecule is C[C@H](Nc1nccc(N(CC2CC2)C(=O)c2ccc3c(c2)CCO3)n1)c1ccccc1. The lowest BCUT2D eigenvalue weighted by Crippen LogP contribution is -2.34. The van der Waals surface area contributed by atoms with Crippen LogP contribution in [0.5, 0.6) is 5.75 Å². The molecule has 1 aliphatic heterocycles. The van der Waals surface area contributed by atoms with E-state index >= 15 is 0 Å². The number of hydrogen-bond donors (Lipinski definition) is 1. The van der Waals surface area contributed by atoms with Crippen LogP contribution in [-0.4, -0.2) is 29.0 Å². The fourth-order valence-electron chi connectivity index (χ4n) is 3.90. The van der Waals surface area contributed by atoms with Crippen molar-refractivity contribution in [2.45, 2.75) is 32.2 Å². The van der Waals surface area contributed by atoms with E-state index in [-0.39, 0.29) is 11.9 Å². The second kappa shape index (κ2) is 8.38. The molecule has 6 heteroatoms. The van der Waals surface area contributed by atoms with Crippen LogP contribution >= 0.6 is 0 Å². The maximum absolute atomic E-state index is 13.5. The average Bonchev–Trinajstić information content (AvgIpc) is 3.51. The summed E-state index contributed by atoms with van der Waals surface area (Å²) in [5, 5.41) is 3.36. The van der Waals surface area contributed by atoms with Crippen molar-refractivity contribution in [1.29, 1.82) is 0 Å². The summed E-state index contributed by atoms with van der Waals surface area (Å²) in [6.07, 6.45) is 4.87. The van der Waals surface area contributed by atoms with Gasteiger partial charge in [0.15, 0.2) is 0 Å². The number of ether oxygens (including phenoxy) is 1. The molecule has 0 unspecified atom stereocenters. The van der Waals surface area contributed by atoms with Crippen molar-refractivity contribution in [3.8, 4) is 5.75 Å². The molecule has 1 atom stereocenters. The first kappa shape index (κ1) is 19.5. The van der Waals surface area contributed by atoms with E-state index in [1.54, 1.807) is 11.1 Å². The van der Waals surface area contributed by atoms with Gasteiger partial charge in [-0.05, 0) is 61.1 Å². The molecule has 158 valence electrons. The van der Waals surface area contributed by atoms with Gasteiger partial charge in [-0.2, -0.15) is 4.98 Å². The third-order valence-corrected chi connectivity index (χ3v) is 5.88. The number of amides is 1. The van der Waals surface area contributed by atoms with Gasteiger partial charge in [-0.15, -0.1) is 0 Å². The Morgan fingerprint density at radius 1 is 1.19 bits per heavy atom. The predicted molar refractivity (Wildman–Crippen MR) is 121 cm³/mol. The lowest BCUT2D eigenvalue weighted by Gasteiger charge is -2.23. The van der Waals surface area contributed by atoms with E-state index < -0.39 is 0 Å². The van der Waals surface area contributed by atoms with Crippen LogP contribution in [0, 0.1) is 5.92 Å². The van der Waals surface area contributed by atoms with Gasteiger partial charge in [0.05, 0.1) is 12.6 Å². The van der Waals surface area contributed by atoms with Gasteiger partial charge in [0.1, 0.15) is 11.6 Å². The average molecular weight is 415 g/mol. The maximum Gasteiger partial charge on any atom is 0.259 e. The van der Waals surface area contributed by atoms with Gasteiger partial charge in [-0.25, -0.2) is 4.98 Å². The number of anilines is 2. The number of aromatic nitrogens is 2. The Morgan fingerprint density at radius 2 is 2.03 bits per heavy atom. The van der Waals surface area contributed by atoms with Gasteiger partial charge in [0.2, 0.25) is 5.95 Å². The zero-order valence-electron chi connectivity index (χ0n) is 17.6. The number of nitrogens with one attached hydrogen (secondary N) is 1. The van der Waals surface area contributed by atoms with Crippen LogP contribution in [0.25, 0.3) is 0 Å². The van der Waals surface area contributed by atoms with Crippen molar-refractivity contribution < 1.29 is 9.53 Å². The predicted octanol–water partition coefficient (Wildman–Crippen LogP) is 4.64. The van der Waals surface area contributed by atoms with Crippen molar-refractivity contribution in [1.82, 2.24) is 9.97 Å². The molecule has 1 amide bonds. The van der Waals surface area contributed by atoms with Crippen LogP contribution in [0.1, 0.15) is 47.3 Å². The first-order chi connectivity index (χ1) is 15.2. The zero-order chi connectivity index (χ0) is 21.2. The molecule has 1 fully saturated rings. The van der Waals surface area contributed by atoms with Gasteiger partial charge < -0.3 is 10.1 Å². The molecule has 0 spiro atoms. The van der Waals surface area contributed by atoms with Gasteiger partial charge in [0.25, 0.3) is 5.91 Å². The number of fused-ring (bicyclic) bond motifs is 1. The Morgan fingerprint density at radius 3 is 2.84 bits per heavy atom. The van der Waals surface area contributed by atoms with E-state index in [0.717, 1.165) is 36.1 Å². The first-order valence-electron chi connectivity index (χ1n) is 10.9. The summed E-state index contributed by atoms with van der Waals surface area (Å²) in [4.78, 5) is 24.3. The van der Waals surface area contributed by atoms with Crippen molar-refractivity contribution >= 4 is 17.7 Å². The quantitative estimate of drug-likeness (QED) is 0.610. The van der Waals surface area contributed by atoms with E-state index in [9.17, 15) is 4.79 Å². The topological polar surface area (TPSA) is 67.4 Å². The van der Waals surface area contributed by atoms with E-state index in [2.05, 4.69) is 29.4 Å². The Kier molecular flexibility index (Phi) is 5.28. The molecule has 6 nitrogen and oxygen atoms in total. The molecule has 1 saturated carbocycles. The molecular weight excluding hydrogens is 388 g/mol. The Labute approximate surface area is 182 Å². The van der Waals surface area contributed by atoms with Crippen LogP contribution < -0.4 is 15.0 Å². The van der Waals surface area contributed by atoms with E-state index in [0.29, 0.717) is 36.4 Å². The Balaban J connectivity index is 1.40. The molecule has 0 saturated heterocycles. The van der Waals surface area contributed by atoms with Gasteiger partial charge in [0, 0.05) is 24.7 Å². The fraction of sp³-hybridized carbons (Fsp3) is 0.320. The maximum atomic E-state index is 13.5. The second-order valence-electron chi connectivity index (χ2n) is 8.30. The summed E-state index contributed by atoms with van der Waals surface area (Å²) in [6, 6.07) is 17.8. The molecule has 3 aromatic rings. The molecule has 0 radical (unpaired) electrons. The highest BCUT2D eigenvalue weighted by Crippen LogP contribution is 2.33. The van der Waals surface area contributed by atoms with Crippen LogP contribution in [0.3, 0.4) is 0 Å². The van der Waals surface area contributed by atoms with Crippen molar-refractivity contribution in [3.05, 3.63) is 77.5 Å². The second-order valence-corrected chi connectivity index (χ2v) is 8.30. The van der Waals surface area contributed by atoms with Crippen molar-refractivity contribution in [2.24, 2.45) is 5.92 Å². The highest BCUT2D eigenvalue weighted by atomic mass is 16.5. The summed E-state index contributed by atoms with van der Waals surface area (Å²) in [7, 11) is 0. The lowest BCUT2D eigenvalue weighted by molar-refractivity contribution is 0.0985. The van der Waals surface area contributed by atoms with Gasteiger partial charge in [-0.3, -0.25) is 9.69 Å². The molecule has 2 aromatic carbocycles. The van der Waals surface area contributed by atoms with E-state index in [1.807, 2.05) is 42.5 Å². The number of carbonyl (C=O) groups is 1. The van der Waals surface area contributed by atoms with Crippen molar-refractivity contribution in [2.75, 3.05) is 23.4 Å². The number of carbonyl (C=O) groups excluding carboxylic acids is 1. The fourth-order valence-corrected chi connectivity index (χ4v) is 3.90. The van der Waals surface area contributed by atoms with Crippen LogP contribution in [-0.2, 0) is 6.42 Å². The van der Waals surface area contributed by atoms with E-state index in [1.165, 1.54) is 0 Å². The highest BCUT2D eigenvalue weighted by molar-refractivity contribution is 6.06. The molecule has 2 heterocycles. The van der Waals surface area contributed by atoms with Crippen LogP contribution in [0.4, 0.5) is 11.8 Å². The number of rotatable bonds is 7. The Bertz CT molecular complexity index is 1080. The highest BCUT2D eigenvalue weighted by Gasteiger charge is 2.30. The number of nitrogens with zero attached hydrogens (tertiary/aromatic N) is 3. The summed E-state index contributed by atoms with van der Waals surface area (Å²) in [5.41, 5.74) is 2.93. The molecular formula is C25H26N4O2. The minimum Gasteiger partial charge on any atom is -0.493 e. The largest absolute Gasteiger partial charge is 0.493 e. The van der Waals surface area contributed by atoms with Crippen molar-refractivity contribution in [3.63, 3.8) is 0 Å². The molecule has 31 heavy (non-hydrogen) atoms. The molecule has 1 N–H and O–H groups in total. The third-order valence-electron chi connectivity index (χ3n) is 5.88. The monoisotopic (exact) mass is 414 g/mol. The van der Waals surface area contributed by atoms with Crippen LogP contribution in [0.15, 0.2) is 60.8 Å². The Hall–Kier alpha value is -3.41. The zero-order valence-corrected chi connectivity index (χ0v) is 17.6. The van der Waals surface area contributed by atoms with E-state index in [4.69, 9.17) is 9.72 Å². The number of benzene rings is 2. The van der Waals surface area contributed by atoms with Crippen LogP contribution in [0.2, 0.25) is 0 Å². The summed E-state index contributed by atoms with van der Waals surface area (Å²) < 4.78 is 5.59. The molecule has 1 aromatic heterocycles. The molecule has 2 aliphatic rings. The molecule has 5 rings (SSSR count). The smallest absolute Gasteiger partial charge is 0.259 e. The lowest BCUT2D eigenvalue weighted by atomic mass is 10.1. The summed E-state index contributed by atoms with van der Waals surface area (Å²) in [6.45, 7) is 3.43. The summed E-state index contributed by atoms with van der Waals surface area (Å²) in [5.74, 6) is 2.55.